The summed E-state index contributed by atoms with van der Waals surface area (Å²) >= 11 is 0. The van der Waals surface area contributed by atoms with Gasteiger partial charge in [-0.1, -0.05) is 13.3 Å². The highest BCUT2D eigenvalue weighted by atomic mass is 19.4. The molecule has 0 atom stereocenters. The van der Waals surface area contributed by atoms with Crippen LogP contribution in [0.2, 0.25) is 0 Å². The first-order valence-electron chi connectivity index (χ1n) is 5.77. The minimum Gasteiger partial charge on any atom is -0.478 e. The molecular weight excluding hydrogens is 348 g/mol. The second kappa shape index (κ2) is 6.71. The minimum absolute atomic E-state index is 0.111. The monoisotopic (exact) mass is 358 g/mol. The summed E-state index contributed by atoms with van der Waals surface area (Å²) < 4.78 is 107. The zero-order valence-corrected chi connectivity index (χ0v) is 11.3. The van der Waals surface area contributed by atoms with Gasteiger partial charge in [-0.05, 0) is 0 Å². The van der Waals surface area contributed by atoms with E-state index in [0.29, 0.717) is 0 Å². The van der Waals surface area contributed by atoms with Gasteiger partial charge in [0.1, 0.15) is 0 Å². The van der Waals surface area contributed by atoms with Gasteiger partial charge < -0.3 is 9.84 Å². The second-order valence-electron chi connectivity index (χ2n) is 4.21. The first kappa shape index (κ1) is 21.1. The van der Waals surface area contributed by atoms with Crippen LogP contribution in [0.3, 0.4) is 0 Å². The predicted molar refractivity (Wildman–Crippen MR) is 57.6 cm³/mol. The zero-order valence-electron chi connectivity index (χ0n) is 11.3. The molecule has 134 valence electrons. The molecule has 0 spiro atoms. The standard InChI is InChI=1S/C11H10F8O4/c1-2-5-8(12,13)9(14,15)10(16,17)11(18,19)23-7(22)4-3-6(20)21/h3-4H,2,5H2,1H3,(H,20,21). The Morgan fingerprint density at radius 3 is 1.83 bits per heavy atom. The Labute approximate surface area is 123 Å². The van der Waals surface area contributed by atoms with Gasteiger partial charge in [0.15, 0.2) is 0 Å². The van der Waals surface area contributed by atoms with Crippen LogP contribution in [-0.4, -0.2) is 40.9 Å². The lowest BCUT2D eigenvalue weighted by Crippen LogP contribution is -2.63. The second-order valence-corrected chi connectivity index (χ2v) is 4.21. The summed E-state index contributed by atoms with van der Waals surface area (Å²) in [5.41, 5.74) is 0. The van der Waals surface area contributed by atoms with Crippen molar-refractivity contribution >= 4 is 11.9 Å². The van der Waals surface area contributed by atoms with Crippen molar-refractivity contribution in [3.05, 3.63) is 12.2 Å². The van der Waals surface area contributed by atoms with Crippen LogP contribution in [0.5, 0.6) is 0 Å². The summed E-state index contributed by atoms with van der Waals surface area (Å²) in [7, 11) is 0. The van der Waals surface area contributed by atoms with Gasteiger partial charge >= 0.3 is 35.8 Å². The number of aliphatic carboxylic acids is 1. The van der Waals surface area contributed by atoms with E-state index >= 15 is 0 Å². The Bertz CT molecular complexity index is 486. The number of esters is 1. The third kappa shape index (κ3) is 4.32. The molecule has 0 aliphatic carbocycles. The molecule has 0 amide bonds. The molecule has 0 radical (unpaired) electrons. The number of rotatable bonds is 8. The molecular formula is C11H10F8O4. The van der Waals surface area contributed by atoms with Crippen molar-refractivity contribution in [1.29, 1.82) is 0 Å². The van der Waals surface area contributed by atoms with E-state index in [2.05, 4.69) is 4.74 Å². The lowest BCUT2D eigenvalue weighted by Gasteiger charge is -2.35. The van der Waals surface area contributed by atoms with E-state index in [1.165, 1.54) is 0 Å². The SMILES string of the molecule is CCCC(F)(F)C(F)(F)C(F)(F)C(F)(F)OC(=O)C=CC(=O)O. The quantitative estimate of drug-likeness (QED) is 0.410. The van der Waals surface area contributed by atoms with E-state index in [0.717, 1.165) is 6.92 Å². The first-order chi connectivity index (χ1) is 10.1. The average molecular weight is 358 g/mol. The fraction of sp³-hybridized carbons (Fsp3) is 0.636. The van der Waals surface area contributed by atoms with E-state index in [1.54, 1.807) is 0 Å². The lowest BCUT2D eigenvalue weighted by molar-refractivity contribution is -0.416. The van der Waals surface area contributed by atoms with Crippen molar-refractivity contribution in [2.24, 2.45) is 0 Å². The fourth-order valence-electron chi connectivity index (χ4n) is 1.25. The van der Waals surface area contributed by atoms with Gasteiger partial charge in [-0.2, -0.15) is 35.1 Å². The van der Waals surface area contributed by atoms with Crippen LogP contribution in [0.1, 0.15) is 19.8 Å². The van der Waals surface area contributed by atoms with Crippen molar-refractivity contribution in [1.82, 2.24) is 0 Å². The normalized spacial score (nSPS) is 14.1. The molecule has 0 aromatic heterocycles. The maximum atomic E-state index is 13.2. The van der Waals surface area contributed by atoms with Crippen LogP contribution in [0.25, 0.3) is 0 Å². The summed E-state index contributed by atoms with van der Waals surface area (Å²) in [6.07, 6.45) is -9.24. The Morgan fingerprint density at radius 2 is 1.43 bits per heavy atom. The molecule has 0 aliphatic heterocycles. The third-order valence-corrected chi connectivity index (χ3v) is 2.37. The van der Waals surface area contributed by atoms with Crippen LogP contribution in [0.15, 0.2) is 12.2 Å². The van der Waals surface area contributed by atoms with Crippen LogP contribution < -0.4 is 0 Å². The molecule has 0 bridgehead atoms. The molecule has 23 heavy (non-hydrogen) atoms. The van der Waals surface area contributed by atoms with Crippen molar-refractivity contribution in [3.63, 3.8) is 0 Å². The third-order valence-electron chi connectivity index (χ3n) is 2.37. The molecule has 0 saturated heterocycles. The Hall–Kier alpha value is -1.88. The number of alkyl halides is 8. The Morgan fingerprint density at radius 1 is 0.957 bits per heavy atom. The average Bonchev–Trinajstić information content (AvgIpc) is 2.35. The first-order valence-corrected chi connectivity index (χ1v) is 5.77. The highest BCUT2D eigenvalue weighted by Gasteiger charge is 2.82. The number of carbonyl (C=O) groups excluding carboxylic acids is 1. The number of carboxylic acid groups (broad SMARTS) is 1. The highest BCUT2D eigenvalue weighted by Crippen LogP contribution is 2.54. The van der Waals surface area contributed by atoms with Crippen molar-refractivity contribution in [3.8, 4) is 0 Å². The molecule has 4 nitrogen and oxygen atoms in total. The van der Waals surface area contributed by atoms with E-state index in [1.807, 2.05) is 0 Å². The predicted octanol–water partition coefficient (Wildman–Crippen LogP) is 3.47. The number of carbonyl (C=O) groups is 2. The fourth-order valence-corrected chi connectivity index (χ4v) is 1.25. The van der Waals surface area contributed by atoms with Gasteiger partial charge in [0.2, 0.25) is 0 Å². The van der Waals surface area contributed by atoms with E-state index in [-0.39, 0.29) is 12.2 Å². The molecule has 0 aromatic rings. The molecule has 0 aliphatic rings. The topological polar surface area (TPSA) is 63.6 Å². The van der Waals surface area contributed by atoms with E-state index in [4.69, 9.17) is 5.11 Å². The number of hydrogen-bond donors (Lipinski definition) is 1. The molecule has 0 heterocycles. The summed E-state index contributed by atoms with van der Waals surface area (Å²) in [5, 5.41) is 8.07. The van der Waals surface area contributed by atoms with Crippen LogP contribution in [0, 0.1) is 0 Å². The Balaban J connectivity index is 5.52. The van der Waals surface area contributed by atoms with Crippen molar-refractivity contribution in [2.75, 3.05) is 0 Å². The summed E-state index contributed by atoms with van der Waals surface area (Å²) in [6, 6.07) is 0. The molecule has 0 rings (SSSR count). The molecule has 12 heteroatoms. The summed E-state index contributed by atoms with van der Waals surface area (Å²) in [5.74, 6) is -23.1. The molecule has 0 fully saturated rings. The lowest BCUT2D eigenvalue weighted by atomic mass is 9.99. The highest BCUT2D eigenvalue weighted by molar-refractivity contribution is 5.90. The van der Waals surface area contributed by atoms with Gasteiger partial charge in [0, 0.05) is 18.6 Å². The van der Waals surface area contributed by atoms with Crippen molar-refractivity contribution < 1.29 is 54.6 Å². The van der Waals surface area contributed by atoms with Gasteiger partial charge in [-0.25, -0.2) is 9.59 Å². The number of ether oxygens (including phenoxy) is 1. The smallest absolute Gasteiger partial charge is 0.473 e. The van der Waals surface area contributed by atoms with Crippen LogP contribution in [-0.2, 0) is 14.3 Å². The summed E-state index contributed by atoms with van der Waals surface area (Å²) in [6.45, 7) is 0.928. The number of halogens is 8. The molecule has 0 unspecified atom stereocenters. The molecule has 0 saturated carbocycles. The largest absolute Gasteiger partial charge is 0.478 e. The minimum atomic E-state index is -6.74. The number of carboxylic acids is 1. The van der Waals surface area contributed by atoms with Gasteiger partial charge in [-0.15, -0.1) is 0 Å². The van der Waals surface area contributed by atoms with E-state index < -0.39 is 48.7 Å². The zero-order chi connectivity index (χ0) is 18.7. The maximum absolute atomic E-state index is 13.2. The van der Waals surface area contributed by atoms with E-state index in [9.17, 15) is 44.7 Å². The van der Waals surface area contributed by atoms with Crippen molar-refractivity contribution in [2.45, 2.75) is 43.6 Å². The molecule has 1 N–H and O–H groups in total. The van der Waals surface area contributed by atoms with Crippen LogP contribution >= 0.6 is 0 Å². The summed E-state index contributed by atoms with van der Waals surface area (Å²) in [4.78, 5) is 20.7. The van der Waals surface area contributed by atoms with Gasteiger partial charge in [-0.3, -0.25) is 0 Å². The van der Waals surface area contributed by atoms with Gasteiger partial charge in [0.05, 0.1) is 0 Å². The number of hydrogen-bond acceptors (Lipinski definition) is 3. The van der Waals surface area contributed by atoms with Gasteiger partial charge in [0.25, 0.3) is 0 Å². The molecule has 0 aromatic carbocycles. The Kier molecular flexibility index (Phi) is 6.16. The van der Waals surface area contributed by atoms with Crippen LogP contribution in [0.4, 0.5) is 35.1 Å². The maximum Gasteiger partial charge on any atom is 0.473 e.